The minimum atomic E-state index is -2.38. The standard InChI is InChI=1S/C40H35BN2SeSi2/c1-45(2)37-25-28(43-32-16-8-10-18-34(32)44-35-19-11-9-17-33(35)43)21-22-31(37)41-30-15-7-12-20-36(30)46(3,29-13-5-4-6-14-29)39-24-27(26-42)23-38(45)40(39)41/h4-8,10,12-16,18,20-25H,9,11,17,19H2,1-3H3. The van der Waals surface area contributed by atoms with E-state index in [0.29, 0.717) is 15.0 Å². The maximum atomic E-state index is 10.4. The number of rotatable bonds is 2. The number of hydrogen-bond donors (Lipinski definition) is 0. The van der Waals surface area contributed by atoms with Crippen LogP contribution in [0.4, 0.5) is 11.4 Å². The van der Waals surface area contributed by atoms with Gasteiger partial charge in [-0.2, -0.15) is 0 Å². The zero-order chi connectivity index (χ0) is 31.2. The van der Waals surface area contributed by atoms with E-state index in [9.17, 15) is 5.26 Å². The Morgan fingerprint density at radius 3 is 2.28 bits per heavy atom. The van der Waals surface area contributed by atoms with Crippen molar-refractivity contribution in [1.82, 2.24) is 0 Å². The maximum absolute atomic E-state index is 10.4. The molecule has 3 heterocycles. The van der Waals surface area contributed by atoms with E-state index in [1.807, 2.05) is 0 Å². The van der Waals surface area contributed by atoms with E-state index in [0.717, 1.165) is 5.56 Å². The summed E-state index contributed by atoms with van der Waals surface area (Å²) in [4.78, 5) is 2.63. The Hall–Kier alpha value is -3.85. The average Bonchev–Trinajstić information content (AvgIpc) is 3.10. The predicted molar refractivity (Wildman–Crippen MR) is 202 cm³/mol. The molecule has 3 aliphatic heterocycles. The monoisotopic (exact) mass is 690 g/mol. The summed E-state index contributed by atoms with van der Waals surface area (Å²) in [5.41, 5.74) is 9.50. The molecule has 0 spiro atoms. The number of para-hydroxylation sites is 1. The molecule has 1 unspecified atom stereocenters. The van der Waals surface area contributed by atoms with Gasteiger partial charge < -0.3 is 0 Å². The van der Waals surface area contributed by atoms with Gasteiger partial charge in [0.25, 0.3) is 0 Å². The van der Waals surface area contributed by atoms with Gasteiger partial charge in [0.15, 0.2) is 0 Å². The first kappa shape index (κ1) is 28.4. The zero-order valence-corrected chi connectivity index (χ0v) is 30.3. The van der Waals surface area contributed by atoms with Crippen LogP contribution in [-0.4, -0.2) is 37.8 Å². The van der Waals surface area contributed by atoms with E-state index in [-0.39, 0.29) is 6.71 Å². The molecule has 5 aromatic rings. The number of fused-ring (bicyclic) bond motifs is 5. The molecule has 0 radical (unpaired) electrons. The number of nitriles is 1. The average molecular weight is 690 g/mol. The molecule has 0 bridgehead atoms. The first-order valence-corrected chi connectivity index (χ1v) is 23.8. The molecule has 6 heteroatoms. The van der Waals surface area contributed by atoms with Crippen LogP contribution in [0.1, 0.15) is 31.2 Å². The molecule has 1 aliphatic carbocycles. The Kier molecular flexibility index (Phi) is 6.37. The number of allylic oxidation sites excluding steroid dienone is 2. The predicted octanol–water partition coefficient (Wildman–Crippen LogP) is 2.89. The summed E-state index contributed by atoms with van der Waals surface area (Å²) in [5.74, 6) is 0. The molecule has 4 aliphatic rings. The van der Waals surface area contributed by atoms with Gasteiger partial charge in [-0.1, -0.05) is 30.3 Å². The molecule has 222 valence electrons. The van der Waals surface area contributed by atoms with Crippen LogP contribution in [-0.2, 0) is 0 Å². The van der Waals surface area contributed by atoms with Crippen LogP contribution in [0, 0.1) is 11.3 Å². The summed E-state index contributed by atoms with van der Waals surface area (Å²) in [6.45, 7) is 7.77. The molecule has 9 rings (SSSR count). The van der Waals surface area contributed by atoms with Gasteiger partial charge in [-0.3, -0.25) is 0 Å². The fourth-order valence-corrected chi connectivity index (χ4v) is 19.2. The Labute approximate surface area is 281 Å². The molecule has 1 atom stereocenters. The van der Waals surface area contributed by atoms with Crippen molar-refractivity contribution < 1.29 is 0 Å². The summed E-state index contributed by atoms with van der Waals surface area (Å²) in [5, 5.41) is 17.8. The molecular weight excluding hydrogens is 654 g/mol. The summed E-state index contributed by atoms with van der Waals surface area (Å²) in [6.07, 6.45) is 4.99. The minimum absolute atomic E-state index is 0.184. The molecule has 0 fully saturated rings. The molecule has 5 aromatic carbocycles. The van der Waals surface area contributed by atoms with Crippen LogP contribution in [0.3, 0.4) is 0 Å². The van der Waals surface area contributed by atoms with Gasteiger partial charge in [-0.25, -0.2) is 0 Å². The normalized spacial score (nSPS) is 20.1. The molecule has 0 saturated carbocycles. The van der Waals surface area contributed by atoms with Gasteiger partial charge in [0.05, 0.1) is 0 Å². The molecule has 0 aromatic heterocycles. The second-order valence-electron chi connectivity index (χ2n) is 14.0. The third kappa shape index (κ3) is 3.87. The van der Waals surface area contributed by atoms with Crippen molar-refractivity contribution in [2.75, 3.05) is 4.90 Å². The third-order valence-corrected chi connectivity index (χ3v) is 21.9. The van der Waals surface area contributed by atoms with Crippen molar-refractivity contribution in [3.05, 3.63) is 125 Å². The molecule has 2 nitrogen and oxygen atoms in total. The second-order valence-corrected chi connectivity index (χ2v) is 24.6. The van der Waals surface area contributed by atoms with Crippen LogP contribution in [0.25, 0.3) is 0 Å². The second kappa shape index (κ2) is 10.3. The molecule has 0 amide bonds. The van der Waals surface area contributed by atoms with Gasteiger partial charge in [-0.05, 0) is 0 Å². The van der Waals surface area contributed by atoms with E-state index in [1.165, 1.54) is 83.8 Å². The van der Waals surface area contributed by atoms with E-state index in [1.54, 1.807) is 10.2 Å². The molecule has 0 N–H and O–H groups in total. The zero-order valence-electron chi connectivity index (χ0n) is 26.6. The van der Waals surface area contributed by atoms with Crippen molar-refractivity contribution in [3.63, 3.8) is 0 Å². The first-order valence-electron chi connectivity index (χ1n) is 16.6. The first-order chi connectivity index (χ1) is 22.4. The van der Waals surface area contributed by atoms with E-state index >= 15 is 0 Å². The van der Waals surface area contributed by atoms with Gasteiger partial charge in [-0.15, -0.1) is 0 Å². The Morgan fingerprint density at radius 1 is 0.717 bits per heavy atom. The van der Waals surface area contributed by atoms with Crippen LogP contribution in [0.15, 0.2) is 119 Å². The van der Waals surface area contributed by atoms with Crippen LogP contribution in [0.5, 0.6) is 0 Å². The number of nitrogens with zero attached hydrogens (tertiary/aromatic N) is 2. The van der Waals surface area contributed by atoms with Crippen molar-refractivity contribution in [2.45, 2.75) is 45.3 Å². The number of benzene rings is 5. The summed E-state index contributed by atoms with van der Waals surface area (Å²) >= 11 is 0.412. The fourth-order valence-electron chi connectivity index (χ4n) is 9.00. The van der Waals surface area contributed by atoms with Crippen molar-refractivity contribution in [1.29, 1.82) is 5.26 Å². The van der Waals surface area contributed by atoms with Gasteiger partial charge in [0, 0.05) is 0 Å². The van der Waals surface area contributed by atoms with E-state index in [4.69, 9.17) is 0 Å². The van der Waals surface area contributed by atoms with Crippen molar-refractivity contribution in [3.8, 4) is 6.07 Å². The van der Waals surface area contributed by atoms with E-state index in [2.05, 4.69) is 140 Å². The van der Waals surface area contributed by atoms with Crippen LogP contribution < -0.4 is 51.7 Å². The fraction of sp³-hybridized carbons (Fsp3) is 0.175. The van der Waals surface area contributed by atoms with Crippen LogP contribution in [0.2, 0.25) is 19.6 Å². The number of hydrogen-bond acceptors (Lipinski definition) is 2. The SMILES string of the molecule is C[Si]1(C)c2cc(N3C4=C(CCCC4)[Se]c4ccccc43)ccc2B2c3ccccc3[Si](C)(c3ccccc3)c3cc(C#N)cc1c32. The van der Waals surface area contributed by atoms with Crippen molar-refractivity contribution in [2.24, 2.45) is 0 Å². The van der Waals surface area contributed by atoms with Gasteiger partial charge >= 0.3 is 252 Å². The molecule has 0 saturated heterocycles. The summed E-state index contributed by atoms with van der Waals surface area (Å²) in [6, 6.07) is 44.2. The Balaban J connectivity index is 1.31. The third-order valence-electron chi connectivity index (χ3n) is 11.2. The molecule has 46 heavy (non-hydrogen) atoms. The number of anilines is 2. The Bertz CT molecular complexity index is 2170. The van der Waals surface area contributed by atoms with Gasteiger partial charge in [0.1, 0.15) is 0 Å². The summed E-state index contributed by atoms with van der Waals surface area (Å²) in [7, 11) is -4.60. The van der Waals surface area contributed by atoms with Gasteiger partial charge in [0.2, 0.25) is 0 Å². The molecular formula is C40H35BN2SeSi2. The van der Waals surface area contributed by atoms with Crippen LogP contribution >= 0.6 is 0 Å². The topological polar surface area (TPSA) is 27.0 Å². The summed E-state index contributed by atoms with van der Waals surface area (Å²) < 4.78 is 3.19. The van der Waals surface area contributed by atoms with Crippen molar-refractivity contribution >= 4 is 96.0 Å². The van der Waals surface area contributed by atoms with E-state index < -0.39 is 16.1 Å². The Morgan fingerprint density at radius 2 is 1.43 bits per heavy atom. The quantitative estimate of drug-likeness (QED) is 0.267.